The van der Waals surface area contributed by atoms with Gasteiger partial charge in [0.15, 0.2) is 0 Å². The number of pyridine rings is 1. The summed E-state index contributed by atoms with van der Waals surface area (Å²) in [5, 5.41) is 2.71. The van der Waals surface area contributed by atoms with E-state index >= 15 is 0 Å². The fourth-order valence-corrected chi connectivity index (χ4v) is 1.87. The van der Waals surface area contributed by atoms with Crippen molar-refractivity contribution < 1.29 is 9.18 Å². The standard InChI is InChI=1S/C13H12ClFN4O/c1-7-4-8(15)6-9(5-7)17-13(20)12-10(14)2-3-11(18-12)19-16/h2-6H,16H2,1H3,(H,17,20)(H,18,19). The molecular weight excluding hydrogens is 283 g/mol. The largest absolute Gasteiger partial charge is 0.320 e. The molecule has 1 amide bonds. The predicted molar refractivity (Wildman–Crippen MR) is 76.1 cm³/mol. The Morgan fingerprint density at radius 1 is 1.35 bits per heavy atom. The van der Waals surface area contributed by atoms with Crippen molar-refractivity contribution in [2.24, 2.45) is 5.84 Å². The zero-order chi connectivity index (χ0) is 14.7. The number of nitrogens with two attached hydrogens (primary N) is 1. The highest BCUT2D eigenvalue weighted by atomic mass is 35.5. The van der Waals surface area contributed by atoms with Crippen LogP contribution in [-0.2, 0) is 0 Å². The van der Waals surface area contributed by atoms with E-state index in [2.05, 4.69) is 15.7 Å². The first-order valence-electron chi connectivity index (χ1n) is 5.71. The molecule has 1 heterocycles. The number of carbonyl (C=O) groups is 1. The average Bonchev–Trinajstić information content (AvgIpc) is 2.37. The molecule has 0 aliphatic heterocycles. The monoisotopic (exact) mass is 294 g/mol. The van der Waals surface area contributed by atoms with Crippen LogP contribution in [0.4, 0.5) is 15.9 Å². The third-order valence-corrected chi connectivity index (χ3v) is 2.81. The third-order valence-electron chi connectivity index (χ3n) is 2.51. The Bertz CT molecular complexity index is 643. The summed E-state index contributed by atoms with van der Waals surface area (Å²) in [6, 6.07) is 7.24. The van der Waals surface area contributed by atoms with E-state index in [0.717, 1.165) is 0 Å². The second kappa shape index (κ2) is 5.85. The van der Waals surface area contributed by atoms with E-state index in [1.54, 1.807) is 13.0 Å². The Hall–Kier alpha value is -2.18. The van der Waals surface area contributed by atoms with E-state index in [1.165, 1.54) is 24.3 Å². The first-order chi connectivity index (χ1) is 9.49. The molecule has 0 bridgehead atoms. The summed E-state index contributed by atoms with van der Waals surface area (Å²) in [5.41, 5.74) is 3.35. The summed E-state index contributed by atoms with van der Waals surface area (Å²) in [6.07, 6.45) is 0. The van der Waals surface area contributed by atoms with Crippen molar-refractivity contribution in [3.8, 4) is 0 Å². The minimum atomic E-state index is -0.544. The number of nitrogens with one attached hydrogen (secondary N) is 2. The molecule has 0 saturated carbocycles. The number of halogens is 2. The molecule has 7 heteroatoms. The Morgan fingerprint density at radius 2 is 2.10 bits per heavy atom. The van der Waals surface area contributed by atoms with Crippen LogP contribution in [0.2, 0.25) is 5.02 Å². The molecule has 0 unspecified atom stereocenters. The molecule has 104 valence electrons. The number of rotatable bonds is 3. The van der Waals surface area contributed by atoms with Crippen molar-refractivity contribution in [2.75, 3.05) is 10.7 Å². The van der Waals surface area contributed by atoms with Gasteiger partial charge in [-0.3, -0.25) is 4.79 Å². The number of nitrogens with zero attached hydrogens (tertiary/aromatic N) is 1. The van der Waals surface area contributed by atoms with Crippen molar-refractivity contribution in [3.05, 3.63) is 52.4 Å². The normalized spacial score (nSPS) is 10.2. The van der Waals surface area contributed by atoms with Crippen LogP contribution in [0.15, 0.2) is 30.3 Å². The number of hydrogen-bond acceptors (Lipinski definition) is 4. The van der Waals surface area contributed by atoms with E-state index in [-0.39, 0.29) is 10.7 Å². The molecule has 4 N–H and O–H groups in total. The highest BCUT2D eigenvalue weighted by Gasteiger charge is 2.14. The number of amides is 1. The minimum absolute atomic E-state index is 0.00373. The quantitative estimate of drug-likeness (QED) is 0.600. The van der Waals surface area contributed by atoms with Gasteiger partial charge in [0, 0.05) is 5.69 Å². The molecule has 0 saturated heterocycles. The highest BCUT2D eigenvalue weighted by Crippen LogP contribution is 2.19. The van der Waals surface area contributed by atoms with Crippen LogP contribution in [0.25, 0.3) is 0 Å². The maximum absolute atomic E-state index is 13.3. The van der Waals surface area contributed by atoms with Gasteiger partial charge in [0.25, 0.3) is 5.91 Å². The predicted octanol–water partition coefficient (Wildman–Crippen LogP) is 2.72. The van der Waals surface area contributed by atoms with Gasteiger partial charge in [0.05, 0.1) is 5.02 Å². The lowest BCUT2D eigenvalue weighted by atomic mass is 10.2. The lowest BCUT2D eigenvalue weighted by Crippen LogP contribution is -2.17. The maximum atomic E-state index is 13.3. The van der Waals surface area contributed by atoms with Gasteiger partial charge in [0.1, 0.15) is 17.3 Å². The molecule has 0 atom stereocenters. The Kier molecular flexibility index (Phi) is 4.16. The lowest BCUT2D eigenvalue weighted by molar-refractivity contribution is 0.102. The zero-order valence-electron chi connectivity index (χ0n) is 10.6. The Balaban J connectivity index is 2.27. The topological polar surface area (TPSA) is 80.0 Å². The minimum Gasteiger partial charge on any atom is -0.320 e. The van der Waals surface area contributed by atoms with Gasteiger partial charge in [0.2, 0.25) is 0 Å². The number of anilines is 2. The van der Waals surface area contributed by atoms with Gasteiger partial charge in [-0.15, -0.1) is 0 Å². The summed E-state index contributed by atoms with van der Waals surface area (Å²) in [5.74, 6) is 4.55. The number of benzene rings is 1. The molecule has 0 fully saturated rings. The molecule has 0 aliphatic rings. The molecule has 5 nitrogen and oxygen atoms in total. The van der Waals surface area contributed by atoms with Crippen molar-refractivity contribution in [3.63, 3.8) is 0 Å². The summed E-state index contributed by atoms with van der Waals surface area (Å²) >= 11 is 5.91. The van der Waals surface area contributed by atoms with Gasteiger partial charge in [-0.1, -0.05) is 11.6 Å². The summed E-state index contributed by atoms with van der Waals surface area (Å²) in [7, 11) is 0. The van der Waals surface area contributed by atoms with E-state index in [1.807, 2.05) is 0 Å². The molecule has 0 spiro atoms. The summed E-state index contributed by atoms with van der Waals surface area (Å²) < 4.78 is 13.3. The van der Waals surface area contributed by atoms with Crippen LogP contribution < -0.4 is 16.6 Å². The van der Waals surface area contributed by atoms with E-state index in [9.17, 15) is 9.18 Å². The number of carbonyl (C=O) groups excluding carboxylic acids is 1. The van der Waals surface area contributed by atoms with Gasteiger partial charge in [-0.05, 0) is 42.8 Å². The molecule has 2 rings (SSSR count). The number of nitrogen functional groups attached to an aromatic ring is 1. The van der Waals surface area contributed by atoms with Crippen molar-refractivity contribution in [1.82, 2.24) is 4.98 Å². The van der Waals surface area contributed by atoms with E-state index in [0.29, 0.717) is 17.1 Å². The lowest BCUT2D eigenvalue weighted by Gasteiger charge is -2.08. The van der Waals surface area contributed by atoms with Crippen LogP contribution in [0.3, 0.4) is 0 Å². The Labute approximate surface area is 119 Å². The first kappa shape index (κ1) is 14.2. The first-order valence-corrected chi connectivity index (χ1v) is 6.09. The van der Waals surface area contributed by atoms with Gasteiger partial charge in [-0.2, -0.15) is 0 Å². The van der Waals surface area contributed by atoms with Crippen LogP contribution in [0.5, 0.6) is 0 Å². The van der Waals surface area contributed by atoms with Gasteiger partial charge >= 0.3 is 0 Å². The third kappa shape index (κ3) is 3.23. The number of aromatic nitrogens is 1. The number of hydrogen-bond donors (Lipinski definition) is 3. The second-order valence-electron chi connectivity index (χ2n) is 4.14. The van der Waals surface area contributed by atoms with Crippen LogP contribution in [0, 0.1) is 12.7 Å². The van der Waals surface area contributed by atoms with E-state index in [4.69, 9.17) is 17.4 Å². The fourth-order valence-electron chi connectivity index (χ4n) is 1.68. The molecule has 2 aromatic rings. The van der Waals surface area contributed by atoms with Crippen molar-refractivity contribution in [2.45, 2.75) is 6.92 Å². The molecular formula is C13H12ClFN4O. The molecule has 0 radical (unpaired) electrons. The summed E-state index contributed by atoms with van der Waals surface area (Å²) in [4.78, 5) is 16.0. The smallest absolute Gasteiger partial charge is 0.275 e. The zero-order valence-corrected chi connectivity index (χ0v) is 11.3. The highest BCUT2D eigenvalue weighted by molar-refractivity contribution is 6.34. The van der Waals surface area contributed by atoms with Crippen LogP contribution >= 0.6 is 11.6 Å². The molecule has 20 heavy (non-hydrogen) atoms. The van der Waals surface area contributed by atoms with Crippen molar-refractivity contribution in [1.29, 1.82) is 0 Å². The Morgan fingerprint density at radius 3 is 2.75 bits per heavy atom. The van der Waals surface area contributed by atoms with Crippen molar-refractivity contribution >= 4 is 29.0 Å². The van der Waals surface area contributed by atoms with E-state index < -0.39 is 11.7 Å². The molecule has 1 aromatic heterocycles. The van der Waals surface area contributed by atoms with Gasteiger partial charge < -0.3 is 10.7 Å². The summed E-state index contributed by atoms with van der Waals surface area (Å²) in [6.45, 7) is 1.73. The van der Waals surface area contributed by atoms with Gasteiger partial charge in [-0.25, -0.2) is 15.2 Å². The van der Waals surface area contributed by atoms with Crippen LogP contribution in [0.1, 0.15) is 16.1 Å². The fraction of sp³-hybridized carbons (Fsp3) is 0.0769. The average molecular weight is 295 g/mol. The SMILES string of the molecule is Cc1cc(F)cc(NC(=O)c2nc(NN)ccc2Cl)c1. The van der Waals surface area contributed by atoms with Crippen LogP contribution in [-0.4, -0.2) is 10.9 Å². The maximum Gasteiger partial charge on any atom is 0.275 e. The number of hydrazine groups is 1. The molecule has 1 aromatic carbocycles. The second-order valence-corrected chi connectivity index (χ2v) is 4.55. The molecule has 0 aliphatic carbocycles. The number of aryl methyl sites for hydroxylation is 1.